The molecule has 0 radical (unpaired) electrons. The smallest absolute Gasteiger partial charge is 0.273 e. The third-order valence-electron chi connectivity index (χ3n) is 2.89. The van der Waals surface area contributed by atoms with Crippen LogP contribution in [0.5, 0.6) is 0 Å². The van der Waals surface area contributed by atoms with Crippen LogP contribution in [0.25, 0.3) is 0 Å². The van der Waals surface area contributed by atoms with Crippen LogP contribution in [0.2, 0.25) is 0 Å². The Bertz CT molecular complexity index is 505. The van der Waals surface area contributed by atoms with E-state index in [0.717, 1.165) is 13.0 Å². The molecule has 0 spiro atoms. The molecule has 0 fully saturated rings. The number of carbonyl (C=O) groups excluding carboxylic acids is 1. The topological polar surface area (TPSA) is 87.5 Å². The molecule has 0 atom stereocenters. The number of nitro benzene ring substituents is 1. The highest BCUT2D eigenvalue weighted by Gasteiger charge is 2.14. The molecular formula is C14H22N4O3. The molecule has 1 rings (SSSR count). The number of non-ortho nitro benzene ring substituents is 1. The molecule has 7 heteroatoms. The van der Waals surface area contributed by atoms with E-state index in [1.807, 2.05) is 19.9 Å². The molecular weight excluding hydrogens is 272 g/mol. The summed E-state index contributed by atoms with van der Waals surface area (Å²) in [6.07, 6.45) is 0.923. The van der Waals surface area contributed by atoms with Crippen LogP contribution in [0.15, 0.2) is 18.2 Å². The number of nitrogens with zero attached hydrogens (tertiary/aromatic N) is 2. The number of hydrogen-bond acceptors (Lipinski definition) is 5. The first kappa shape index (κ1) is 16.7. The number of nitro groups is 1. The summed E-state index contributed by atoms with van der Waals surface area (Å²) < 4.78 is 0. The summed E-state index contributed by atoms with van der Waals surface area (Å²) in [6.45, 7) is 5.32. The minimum Gasteiger partial charge on any atom is -0.385 e. The fourth-order valence-electron chi connectivity index (χ4n) is 1.85. The summed E-state index contributed by atoms with van der Waals surface area (Å²) in [5.74, 6) is -0.116. The van der Waals surface area contributed by atoms with Crippen molar-refractivity contribution >= 4 is 23.0 Å². The fraction of sp³-hybridized carbons (Fsp3) is 0.500. The first-order valence-electron chi connectivity index (χ1n) is 6.99. The molecule has 1 aromatic rings. The number of anilines is 2. The highest BCUT2D eigenvalue weighted by Crippen LogP contribution is 2.26. The van der Waals surface area contributed by atoms with Crippen molar-refractivity contribution in [3.05, 3.63) is 28.3 Å². The summed E-state index contributed by atoms with van der Waals surface area (Å²) in [5, 5.41) is 16.8. The Balaban J connectivity index is 2.95. The Kier molecular flexibility index (Phi) is 6.45. The number of benzene rings is 1. The number of nitrogens with one attached hydrogen (secondary N) is 2. The number of hydrogen-bond donors (Lipinski definition) is 2. The van der Waals surface area contributed by atoms with Gasteiger partial charge in [0.15, 0.2) is 0 Å². The molecule has 0 aliphatic rings. The molecule has 1 aromatic carbocycles. The molecule has 0 saturated heterocycles. The van der Waals surface area contributed by atoms with E-state index in [2.05, 4.69) is 10.6 Å². The summed E-state index contributed by atoms with van der Waals surface area (Å²) in [5.41, 5.74) is 1.33. The lowest BCUT2D eigenvalue weighted by Gasteiger charge is -2.19. The van der Waals surface area contributed by atoms with Gasteiger partial charge in [-0.1, -0.05) is 6.92 Å². The van der Waals surface area contributed by atoms with Crippen LogP contribution in [0.1, 0.15) is 20.3 Å². The second-order valence-electron chi connectivity index (χ2n) is 4.73. The maximum absolute atomic E-state index is 11.6. The maximum atomic E-state index is 11.6. The van der Waals surface area contributed by atoms with Crippen LogP contribution in [0.4, 0.5) is 17.1 Å². The van der Waals surface area contributed by atoms with Crippen molar-refractivity contribution in [2.75, 3.05) is 36.9 Å². The van der Waals surface area contributed by atoms with Crippen LogP contribution < -0.4 is 15.5 Å². The number of amides is 1. The highest BCUT2D eigenvalue weighted by atomic mass is 16.6. The fourth-order valence-corrected chi connectivity index (χ4v) is 1.85. The van der Waals surface area contributed by atoms with Gasteiger partial charge in [0, 0.05) is 43.6 Å². The van der Waals surface area contributed by atoms with Crippen molar-refractivity contribution in [1.82, 2.24) is 5.32 Å². The molecule has 0 unspecified atom stereocenters. The van der Waals surface area contributed by atoms with E-state index in [4.69, 9.17) is 0 Å². The largest absolute Gasteiger partial charge is 0.385 e. The van der Waals surface area contributed by atoms with Gasteiger partial charge in [-0.3, -0.25) is 14.9 Å². The first-order valence-corrected chi connectivity index (χ1v) is 6.99. The van der Waals surface area contributed by atoms with E-state index in [9.17, 15) is 14.9 Å². The van der Waals surface area contributed by atoms with Gasteiger partial charge < -0.3 is 15.5 Å². The van der Waals surface area contributed by atoms with Crippen molar-refractivity contribution in [2.24, 2.45) is 0 Å². The van der Waals surface area contributed by atoms with Crippen molar-refractivity contribution in [2.45, 2.75) is 20.3 Å². The van der Waals surface area contributed by atoms with Crippen LogP contribution in [-0.4, -0.2) is 37.5 Å². The quantitative estimate of drug-likeness (QED) is 0.565. The maximum Gasteiger partial charge on any atom is 0.273 e. The molecule has 0 aliphatic carbocycles. The molecule has 2 N–H and O–H groups in total. The van der Waals surface area contributed by atoms with Crippen molar-refractivity contribution < 1.29 is 9.72 Å². The van der Waals surface area contributed by atoms with Crippen molar-refractivity contribution in [1.29, 1.82) is 0 Å². The van der Waals surface area contributed by atoms with Crippen LogP contribution in [0.3, 0.4) is 0 Å². The Hall–Kier alpha value is -2.31. The van der Waals surface area contributed by atoms with Gasteiger partial charge in [-0.2, -0.15) is 0 Å². The van der Waals surface area contributed by atoms with Gasteiger partial charge in [0.2, 0.25) is 5.91 Å². The van der Waals surface area contributed by atoms with E-state index in [0.29, 0.717) is 17.9 Å². The molecule has 21 heavy (non-hydrogen) atoms. The Labute approximate surface area is 124 Å². The predicted molar refractivity (Wildman–Crippen MR) is 83.8 cm³/mol. The lowest BCUT2D eigenvalue weighted by molar-refractivity contribution is -0.384. The van der Waals surface area contributed by atoms with E-state index in [1.165, 1.54) is 12.1 Å². The molecule has 0 saturated carbocycles. The van der Waals surface area contributed by atoms with Crippen LogP contribution in [0, 0.1) is 10.1 Å². The Morgan fingerprint density at radius 1 is 1.33 bits per heavy atom. The second kappa shape index (κ2) is 8.08. The minimum atomic E-state index is -0.430. The van der Waals surface area contributed by atoms with Gasteiger partial charge in [0.1, 0.15) is 0 Å². The Morgan fingerprint density at radius 3 is 2.62 bits per heavy atom. The molecule has 1 amide bonds. The Morgan fingerprint density at radius 2 is 2.05 bits per heavy atom. The molecule has 0 heterocycles. The lowest BCUT2D eigenvalue weighted by Crippen LogP contribution is -2.35. The first-order chi connectivity index (χ1) is 9.97. The van der Waals surface area contributed by atoms with Gasteiger partial charge >= 0.3 is 0 Å². The zero-order valence-corrected chi connectivity index (χ0v) is 12.7. The van der Waals surface area contributed by atoms with E-state index < -0.39 is 4.92 Å². The number of carbonyl (C=O) groups is 1. The van der Waals surface area contributed by atoms with Crippen molar-refractivity contribution in [3.8, 4) is 0 Å². The SMILES string of the molecule is CCCNc1cc(N(C)CC(=O)NCC)cc([N+](=O)[O-])c1. The van der Waals surface area contributed by atoms with Crippen molar-refractivity contribution in [3.63, 3.8) is 0 Å². The summed E-state index contributed by atoms with van der Waals surface area (Å²) in [4.78, 5) is 23.9. The second-order valence-corrected chi connectivity index (χ2v) is 4.73. The normalized spacial score (nSPS) is 10.0. The minimum absolute atomic E-state index is 0.00820. The third kappa shape index (κ3) is 5.29. The predicted octanol–water partition coefficient (Wildman–Crippen LogP) is 1.99. The van der Waals surface area contributed by atoms with Gasteiger partial charge in [-0.05, 0) is 19.4 Å². The summed E-state index contributed by atoms with van der Waals surface area (Å²) in [7, 11) is 1.73. The molecule has 0 bridgehead atoms. The number of likely N-dealkylation sites (N-methyl/N-ethyl adjacent to an activating group) is 2. The zero-order chi connectivity index (χ0) is 15.8. The van der Waals surface area contributed by atoms with Gasteiger partial charge in [-0.25, -0.2) is 0 Å². The van der Waals surface area contributed by atoms with Gasteiger partial charge in [-0.15, -0.1) is 0 Å². The van der Waals surface area contributed by atoms with Crippen LogP contribution in [-0.2, 0) is 4.79 Å². The highest BCUT2D eigenvalue weighted by molar-refractivity contribution is 5.81. The summed E-state index contributed by atoms with van der Waals surface area (Å²) in [6, 6.07) is 4.78. The zero-order valence-electron chi connectivity index (χ0n) is 12.7. The van der Waals surface area contributed by atoms with Gasteiger partial charge in [0.05, 0.1) is 11.5 Å². The van der Waals surface area contributed by atoms with Crippen LogP contribution >= 0.6 is 0 Å². The average molecular weight is 294 g/mol. The van der Waals surface area contributed by atoms with E-state index >= 15 is 0 Å². The molecule has 7 nitrogen and oxygen atoms in total. The third-order valence-corrected chi connectivity index (χ3v) is 2.89. The number of rotatable bonds is 8. The molecule has 0 aromatic heterocycles. The van der Waals surface area contributed by atoms with E-state index in [-0.39, 0.29) is 18.1 Å². The molecule has 116 valence electrons. The molecule has 0 aliphatic heterocycles. The lowest BCUT2D eigenvalue weighted by atomic mass is 10.2. The standard InChI is InChI=1S/C14H22N4O3/c1-4-6-16-11-7-12(9-13(8-11)18(20)21)17(3)10-14(19)15-5-2/h7-9,16H,4-6,10H2,1-3H3,(H,15,19). The van der Waals surface area contributed by atoms with Gasteiger partial charge in [0.25, 0.3) is 5.69 Å². The summed E-state index contributed by atoms with van der Waals surface area (Å²) >= 11 is 0. The average Bonchev–Trinajstić information content (AvgIpc) is 2.44. The van der Waals surface area contributed by atoms with E-state index in [1.54, 1.807) is 11.9 Å². The monoisotopic (exact) mass is 294 g/mol.